The average Bonchev–Trinajstić information content (AvgIpc) is 3.09. The summed E-state index contributed by atoms with van der Waals surface area (Å²) < 4.78 is 14.9. The third-order valence-electron chi connectivity index (χ3n) is 9.88. The fourth-order valence-corrected chi connectivity index (χ4v) is 7.10. The van der Waals surface area contributed by atoms with Crippen LogP contribution < -0.4 is 9.47 Å². The van der Waals surface area contributed by atoms with Crippen molar-refractivity contribution in [3.05, 3.63) is 89.0 Å². The second kappa shape index (κ2) is 20.4. The zero-order valence-corrected chi connectivity index (χ0v) is 30.8. The molecule has 0 fully saturated rings. The van der Waals surface area contributed by atoms with Gasteiger partial charge in [-0.3, -0.25) is 0 Å². The van der Waals surface area contributed by atoms with Crippen molar-refractivity contribution in [2.75, 3.05) is 0 Å². The fourth-order valence-electron chi connectivity index (χ4n) is 7.10. The molecule has 3 nitrogen and oxygen atoms in total. The topological polar surface area (TPSA) is 38.7 Å². The number of rotatable bonds is 24. The van der Waals surface area contributed by atoms with Crippen LogP contribution in [0.4, 0.5) is 0 Å². The van der Waals surface area contributed by atoms with Crippen molar-refractivity contribution in [2.24, 2.45) is 0 Å². The number of ether oxygens (including phenoxy) is 2. The van der Waals surface area contributed by atoms with Crippen LogP contribution in [0.5, 0.6) is 17.2 Å². The Morgan fingerprint density at radius 2 is 0.872 bits per heavy atom. The van der Waals surface area contributed by atoms with E-state index in [0.29, 0.717) is 5.75 Å². The van der Waals surface area contributed by atoms with E-state index in [1.165, 1.54) is 11.1 Å². The number of phenolic OH excluding ortho intramolecular Hbond substituents is 1. The molecule has 0 heterocycles. The molecule has 0 saturated carbocycles. The van der Waals surface area contributed by atoms with Gasteiger partial charge in [0.1, 0.15) is 28.5 Å². The van der Waals surface area contributed by atoms with Gasteiger partial charge in [0.25, 0.3) is 0 Å². The number of unbranched alkanes of at least 4 members (excludes halogenated alkanes) is 6. The first kappa shape index (κ1) is 38.5. The van der Waals surface area contributed by atoms with Gasteiger partial charge in [0.05, 0.1) is 0 Å². The molecule has 0 aliphatic heterocycles. The lowest BCUT2D eigenvalue weighted by atomic mass is 9.73. The molecule has 0 bridgehead atoms. The van der Waals surface area contributed by atoms with Crippen LogP contribution in [0.3, 0.4) is 0 Å². The Balaban J connectivity index is 2.35. The van der Waals surface area contributed by atoms with Crippen molar-refractivity contribution in [3.8, 4) is 17.2 Å². The summed E-state index contributed by atoms with van der Waals surface area (Å²) in [6, 6.07) is 23.5. The second-order valence-electron chi connectivity index (χ2n) is 13.7. The Hall–Kier alpha value is -2.94. The molecule has 260 valence electrons. The van der Waals surface area contributed by atoms with Gasteiger partial charge in [-0.15, -0.1) is 0 Å². The lowest BCUT2D eigenvalue weighted by molar-refractivity contribution is 0.0150. The molecule has 0 amide bonds. The first-order chi connectivity index (χ1) is 22.9. The van der Waals surface area contributed by atoms with E-state index in [4.69, 9.17) is 9.47 Å². The minimum atomic E-state index is -0.677. The van der Waals surface area contributed by atoms with Crippen molar-refractivity contribution in [1.29, 1.82) is 0 Å². The number of aromatic hydroxyl groups is 1. The van der Waals surface area contributed by atoms with Crippen LogP contribution in [0.1, 0.15) is 167 Å². The maximum atomic E-state index is 12.1. The first-order valence-corrected chi connectivity index (χ1v) is 19.3. The van der Waals surface area contributed by atoms with Gasteiger partial charge in [-0.05, 0) is 106 Å². The Kier molecular flexibility index (Phi) is 16.7. The van der Waals surface area contributed by atoms with E-state index in [-0.39, 0.29) is 0 Å². The normalized spacial score (nSPS) is 12.0. The van der Waals surface area contributed by atoms with E-state index in [1.807, 2.05) is 12.1 Å². The van der Waals surface area contributed by atoms with Gasteiger partial charge in [-0.1, -0.05) is 129 Å². The Labute approximate surface area is 288 Å². The number of aryl methyl sites for hydroxylation is 2. The molecule has 0 radical (unpaired) electrons. The van der Waals surface area contributed by atoms with E-state index >= 15 is 0 Å². The van der Waals surface area contributed by atoms with Gasteiger partial charge >= 0.3 is 0 Å². The van der Waals surface area contributed by atoms with E-state index in [9.17, 15) is 5.11 Å². The molecule has 0 spiro atoms. The zero-order valence-electron chi connectivity index (χ0n) is 30.8. The van der Waals surface area contributed by atoms with E-state index in [0.717, 1.165) is 138 Å². The number of benzene rings is 3. The summed E-state index contributed by atoms with van der Waals surface area (Å²) in [6.45, 7) is 13.6. The Morgan fingerprint density at radius 3 is 1.32 bits per heavy atom. The molecule has 3 aromatic rings. The van der Waals surface area contributed by atoms with Crippen molar-refractivity contribution < 1.29 is 14.6 Å². The summed E-state index contributed by atoms with van der Waals surface area (Å²) in [4.78, 5) is 0. The molecule has 3 aromatic carbocycles. The highest BCUT2D eigenvalue weighted by molar-refractivity contribution is 5.49. The second-order valence-corrected chi connectivity index (χ2v) is 13.7. The number of hydrogen-bond donors (Lipinski definition) is 1. The summed E-state index contributed by atoms with van der Waals surface area (Å²) in [7, 11) is 0. The number of hydrogen-bond acceptors (Lipinski definition) is 3. The van der Waals surface area contributed by atoms with E-state index in [1.54, 1.807) is 0 Å². The summed E-state index contributed by atoms with van der Waals surface area (Å²) in [5.74, 6) is 2.28. The highest BCUT2D eigenvalue weighted by Crippen LogP contribution is 2.50. The highest BCUT2D eigenvalue weighted by Gasteiger charge is 2.45. The smallest absolute Gasteiger partial charge is 0.138 e. The van der Waals surface area contributed by atoms with E-state index < -0.39 is 11.2 Å². The van der Waals surface area contributed by atoms with Crippen LogP contribution in [0.2, 0.25) is 0 Å². The van der Waals surface area contributed by atoms with Crippen LogP contribution >= 0.6 is 0 Å². The van der Waals surface area contributed by atoms with Crippen LogP contribution in [0, 0.1) is 0 Å². The third-order valence-corrected chi connectivity index (χ3v) is 9.88. The summed E-state index contributed by atoms with van der Waals surface area (Å²) in [5.41, 5.74) is 3.33. The Morgan fingerprint density at radius 1 is 0.468 bits per heavy atom. The van der Waals surface area contributed by atoms with Crippen molar-refractivity contribution in [3.63, 3.8) is 0 Å². The minimum Gasteiger partial charge on any atom is -0.508 e. The van der Waals surface area contributed by atoms with Crippen LogP contribution in [-0.2, 0) is 24.0 Å². The van der Waals surface area contributed by atoms with E-state index in [2.05, 4.69) is 96.1 Å². The molecule has 3 rings (SSSR count). The quantitative estimate of drug-likeness (QED) is 0.106. The van der Waals surface area contributed by atoms with Gasteiger partial charge in [0.2, 0.25) is 0 Å². The maximum absolute atomic E-state index is 12.1. The van der Waals surface area contributed by atoms with Crippen molar-refractivity contribution >= 4 is 0 Å². The Bertz CT molecular complexity index is 1280. The summed E-state index contributed by atoms with van der Waals surface area (Å²) in [5, 5.41) is 12.1. The molecule has 0 saturated heterocycles. The number of para-hydroxylation sites is 2. The molecule has 0 aliphatic rings. The lowest BCUT2D eigenvalue weighted by Crippen LogP contribution is -2.41. The molecule has 3 heteroatoms. The van der Waals surface area contributed by atoms with Gasteiger partial charge < -0.3 is 14.6 Å². The molecular weight excluding hydrogens is 576 g/mol. The molecule has 1 N–H and O–H groups in total. The van der Waals surface area contributed by atoms with Gasteiger partial charge in [-0.25, -0.2) is 0 Å². The molecular formula is C44H66O3. The summed E-state index contributed by atoms with van der Waals surface area (Å²) >= 11 is 0. The minimum absolute atomic E-state index is 0.334. The number of phenols is 1. The molecule has 0 atom stereocenters. The largest absolute Gasteiger partial charge is 0.508 e. The van der Waals surface area contributed by atoms with Crippen LogP contribution in [0.15, 0.2) is 66.7 Å². The standard InChI is InChI=1S/C44H66O3/c1-7-13-24-36-26-19-21-30-40(36)46-43(32-15-9-3,33-16-10-4)38-28-23-29-39(45)42(38)44(34-17-11-5,35-18-12-6)47-41-31-22-20-27-37(41)25-14-8-2/h19-23,26-31,45H,7-18,24-25,32-35H2,1-6H3. The molecule has 47 heavy (non-hydrogen) atoms. The molecule has 0 unspecified atom stereocenters. The van der Waals surface area contributed by atoms with Gasteiger partial charge in [-0.2, -0.15) is 0 Å². The molecule has 0 aliphatic carbocycles. The monoisotopic (exact) mass is 643 g/mol. The van der Waals surface area contributed by atoms with Crippen molar-refractivity contribution in [2.45, 2.75) is 168 Å². The van der Waals surface area contributed by atoms with Crippen LogP contribution in [0.25, 0.3) is 0 Å². The average molecular weight is 643 g/mol. The maximum Gasteiger partial charge on any atom is 0.138 e. The fraction of sp³-hybridized carbons (Fsp3) is 0.591. The third kappa shape index (κ3) is 10.5. The zero-order chi connectivity index (χ0) is 34.0. The van der Waals surface area contributed by atoms with Gasteiger partial charge in [0.15, 0.2) is 0 Å². The highest BCUT2D eigenvalue weighted by atomic mass is 16.5. The van der Waals surface area contributed by atoms with Crippen LogP contribution in [-0.4, -0.2) is 5.11 Å². The lowest BCUT2D eigenvalue weighted by Gasteiger charge is -2.43. The predicted octanol–water partition coefficient (Wildman–Crippen LogP) is 13.4. The molecule has 0 aromatic heterocycles. The predicted molar refractivity (Wildman–Crippen MR) is 201 cm³/mol. The summed E-state index contributed by atoms with van der Waals surface area (Å²) in [6.07, 6.45) is 18.5. The van der Waals surface area contributed by atoms with Crippen molar-refractivity contribution in [1.82, 2.24) is 0 Å². The first-order valence-electron chi connectivity index (χ1n) is 19.3. The SMILES string of the molecule is CCCCc1ccccc1OC(CCCC)(CCCC)c1cccc(O)c1C(CCCC)(CCCC)Oc1ccccc1CCCC. The van der Waals surface area contributed by atoms with Gasteiger partial charge in [0, 0.05) is 11.1 Å².